The summed E-state index contributed by atoms with van der Waals surface area (Å²) in [5, 5.41) is 4.31. The molecule has 0 N–H and O–H groups in total. The molecule has 0 atom stereocenters. The van der Waals surface area contributed by atoms with E-state index in [-0.39, 0.29) is 31.9 Å². The number of carbonyl (C=O) groups excluding carboxylic acids is 1. The summed E-state index contributed by atoms with van der Waals surface area (Å²) in [6.07, 6.45) is 0. The van der Waals surface area contributed by atoms with Crippen LogP contribution in [0.15, 0.2) is 57.9 Å². The predicted octanol–water partition coefficient (Wildman–Crippen LogP) is 3.42. The summed E-state index contributed by atoms with van der Waals surface area (Å²) >= 11 is 5.96. The van der Waals surface area contributed by atoms with Gasteiger partial charge in [-0.1, -0.05) is 28.9 Å². The number of sulfonamides is 1. The Morgan fingerprint density at radius 2 is 1.77 bits per heavy atom. The second kappa shape index (κ2) is 8.37. The van der Waals surface area contributed by atoms with E-state index < -0.39 is 32.5 Å². The zero-order valence-corrected chi connectivity index (χ0v) is 17.5. The maximum absolute atomic E-state index is 13.9. The average Bonchev–Trinajstić information content (AvgIpc) is 3.25. The molecular formula is C20H16ClF2N3O4S. The standard InChI is InChI=1S/C20H16ClF2N3O4S/c21-14-3-1-2-13(10-14)18-12-17(24-30-18)20(27)25-6-8-26(9-7-25)31(28,29)19-11-15(22)4-5-16(19)23/h1-5,10-12H,6-9H2. The van der Waals surface area contributed by atoms with Crippen molar-refractivity contribution in [2.75, 3.05) is 26.2 Å². The van der Waals surface area contributed by atoms with Crippen LogP contribution in [0, 0.1) is 11.6 Å². The van der Waals surface area contributed by atoms with Crippen molar-refractivity contribution in [2.24, 2.45) is 0 Å². The number of hydrogen-bond donors (Lipinski definition) is 0. The topological polar surface area (TPSA) is 83.7 Å². The molecule has 31 heavy (non-hydrogen) atoms. The molecule has 162 valence electrons. The van der Waals surface area contributed by atoms with Crippen LogP contribution >= 0.6 is 11.6 Å². The summed E-state index contributed by atoms with van der Waals surface area (Å²) < 4.78 is 59.0. The Hall–Kier alpha value is -2.82. The van der Waals surface area contributed by atoms with Crippen LogP contribution in [0.3, 0.4) is 0 Å². The second-order valence-corrected chi connectivity index (χ2v) is 9.20. The van der Waals surface area contributed by atoms with Crippen LogP contribution in [0.5, 0.6) is 0 Å². The maximum atomic E-state index is 13.9. The Balaban J connectivity index is 1.45. The molecule has 2 aromatic carbocycles. The molecule has 1 fully saturated rings. The molecule has 1 aliphatic heterocycles. The highest BCUT2D eigenvalue weighted by Gasteiger charge is 2.33. The third kappa shape index (κ3) is 4.32. The highest BCUT2D eigenvalue weighted by atomic mass is 35.5. The minimum absolute atomic E-state index is 0.0638. The van der Waals surface area contributed by atoms with E-state index in [4.69, 9.17) is 16.1 Å². The van der Waals surface area contributed by atoms with Gasteiger partial charge in [-0.2, -0.15) is 4.31 Å². The maximum Gasteiger partial charge on any atom is 0.276 e. The zero-order chi connectivity index (χ0) is 22.2. The van der Waals surface area contributed by atoms with E-state index >= 15 is 0 Å². The highest BCUT2D eigenvalue weighted by molar-refractivity contribution is 7.89. The monoisotopic (exact) mass is 467 g/mol. The van der Waals surface area contributed by atoms with Crippen molar-refractivity contribution in [3.63, 3.8) is 0 Å². The lowest BCUT2D eigenvalue weighted by molar-refractivity contribution is 0.0687. The van der Waals surface area contributed by atoms with E-state index in [9.17, 15) is 22.0 Å². The third-order valence-corrected chi connectivity index (χ3v) is 7.02. The van der Waals surface area contributed by atoms with Crippen LogP contribution in [-0.2, 0) is 10.0 Å². The summed E-state index contributed by atoms with van der Waals surface area (Å²) in [7, 11) is -4.23. The smallest absolute Gasteiger partial charge is 0.276 e. The lowest BCUT2D eigenvalue weighted by Gasteiger charge is -2.33. The molecule has 11 heteroatoms. The molecule has 0 bridgehead atoms. The van der Waals surface area contributed by atoms with E-state index in [1.807, 2.05) is 0 Å². The van der Waals surface area contributed by atoms with Gasteiger partial charge in [0.1, 0.15) is 16.5 Å². The van der Waals surface area contributed by atoms with Crippen molar-refractivity contribution >= 4 is 27.5 Å². The molecular weight excluding hydrogens is 452 g/mol. The molecule has 1 aliphatic rings. The second-order valence-electron chi connectivity index (χ2n) is 6.86. The van der Waals surface area contributed by atoms with Gasteiger partial charge in [0.05, 0.1) is 0 Å². The quantitative estimate of drug-likeness (QED) is 0.587. The van der Waals surface area contributed by atoms with E-state index in [1.54, 1.807) is 24.3 Å². The van der Waals surface area contributed by atoms with Crippen LogP contribution < -0.4 is 0 Å². The third-order valence-electron chi connectivity index (χ3n) is 4.88. The lowest BCUT2D eigenvalue weighted by atomic mass is 10.1. The Morgan fingerprint density at radius 1 is 1.03 bits per heavy atom. The normalized spacial score (nSPS) is 15.3. The largest absolute Gasteiger partial charge is 0.355 e. The molecule has 1 aromatic heterocycles. The molecule has 1 saturated heterocycles. The van der Waals surface area contributed by atoms with E-state index in [1.165, 1.54) is 11.0 Å². The van der Waals surface area contributed by atoms with Gasteiger partial charge in [-0.25, -0.2) is 17.2 Å². The van der Waals surface area contributed by atoms with E-state index in [2.05, 4.69) is 5.16 Å². The first kappa shape index (κ1) is 21.4. The Kier molecular flexibility index (Phi) is 5.78. The number of halogens is 3. The predicted molar refractivity (Wildman–Crippen MR) is 108 cm³/mol. The van der Waals surface area contributed by atoms with Crippen LogP contribution in [0.1, 0.15) is 10.5 Å². The van der Waals surface area contributed by atoms with Crippen molar-refractivity contribution in [1.82, 2.24) is 14.4 Å². The van der Waals surface area contributed by atoms with Gasteiger partial charge in [-0.15, -0.1) is 0 Å². The van der Waals surface area contributed by atoms with Gasteiger partial charge in [-0.3, -0.25) is 4.79 Å². The zero-order valence-electron chi connectivity index (χ0n) is 16.0. The fraction of sp³-hybridized carbons (Fsp3) is 0.200. The van der Waals surface area contributed by atoms with Crippen LogP contribution in [0.25, 0.3) is 11.3 Å². The number of aromatic nitrogens is 1. The summed E-state index contributed by atoms with van der Waals surface area (Å²) in [6.45, 7) is -0.00519. The number of nitrogens with zero attached hydrogens (tertiary/aromatic N) is 3. The van der Waals surface area contributed by atoms with E-state index in [0.717, 1.165) is 16.4 Å². The first-order valence-electron chi connectivity index (χ1n) is 9.23. The molecule has 0 saturated carbocycles. The van der Waals surface area contributed by atoms with Crippen molar-refractivity contribution in [2.45, 2.75) is 4.90 Å². The number of rotatable bonds is 4. The molecule has 0 unspecified atom stereocenters. The summed E-state index contributed by atoms with van der Waals surface area (Å²) in [5.41, 5.74) is 0.731. The lowest BCUT2D eigenvalue weighted by Crippen LogP contribution is -2.50. The molecule has 7 nitrogen and oxygen atoms in total. The molecule has 3 aromatic rings. The number of piperazine rings is 1. The molecule has 0 radical (unpaired) electrons. The molecule has 0 spiro atoms. The van der Waals surface area contributed by atoms with Gasteiger partial charge < -0.3 is 9.42 Å². The number of hydrogen-bond acceptors (Lipinski definition) is 5. The van der Waals surface area contributed by atoms with Crippen molar-refractivity contribution in [3.05, 3.63) is 70.9 Å². The van der Waals surface area contributed by atoms with Crippen LogP contribution in [0.4, 0.5) is 8.78 Å². The average molecular weight is 468 g/mol. The van der Waals surface area contributed by atoms with Gasteiger partial charge in [-0.05, 0) is 30.3 Å². The summed E-state index contributed by atoms with van der Waals surface area (Å²) in [5.74, 6) is -1.94. The van der Waals surface area contributed by atoms with Gasteiger partial charge in [0.2, 0.25) is 10.0 Å². The van der Waals surface area contributed by atoms with E-state index in [0.29, 0.717) is 22.4 Å². The Labute approximate surface area is 181 Å². The summed E-state index contributed by atoms with van der Waals surface area (Å²) in [6, 6.07) is 10.6. The molecule has 2 heterocycles. The highest BCUT2D eigenvalue weighted by Crippen LogP contribution is 2.25. The van der Waals surface area contributed by atoms with Gasteiger partial charge in [0.15, 0.2) is 11.5 Å². The fourth-order valence-corrected chi connectivity index (χ4v) is 4.95. The molecule has 1 amide bonds. The first-order chi connectivity index (χ1) is 14.8. The van der Waals surface area contributed by atoms with Crippen LogP contribution in [-0.4, -0.2) is 54.9 Å². The minimum atomic E-state index is -4.23. The van der Waals surface area contributed by atoms with Gasteiger partial charge in [0, 0.05) is 42.8 Å². The number of amides is 1. The molecule has 0 aliphatic carbocycles. The summed E-state index contributed by atoms with van der Waals surface area (Å²) in [4.78, 5) is 13.4. The molecule has 4 rings (SSSR count). The van der Waals surface area contributed by atoms with Crippen molar-refractivity contribution in [3.8, 4) is 11.3 Å². The number of benzene rings is 2. The Bertz CT molecular complexity index is 1240. The minimum Gasteiger partial charge on any atom is -0.355 e. The van der Waals surface area contributed by atoms with Crippen LogP contribution in [0.2, 0.25) is 5.02 Å². The Morgan fingerprint density at radius 3 is 2.48 bits per heavy atom. The SMILES string of the molecule is O=C(c1cc(-c2cccc(Cl)c2)on1)N1CCN(S(=O)(=O)c2cc(F)ccc2F)CC1. The number of carbonyl (C=O) groups is 1. The van der Waals surface area contributed by atoms with Gasteiger partial charge in [0.25, 0.3) is 5.91 Å². The van der Waals surface area contributed by atoms with Gasteiger partial charge >= 0.3 is 0 Å². The van der Waals surface area contributed by atoms with Crippen molar-refractivity contribution < 1.29 is 26.5 Å². The first-order valence-corrected chi connectivity index (χ1v) is 11.0. The fourth-order valence-electron chi connectivity index (χ4n) is 3.26. The van der Waals surface area contributed by atoms with Crippen molar-refractivity contribution in [1.29, 1.82) is 0 Å².